The molecule has 0 atom stereocenters. The summed E-state index contributed by atoms with van der Waals surface area (Å²) in [5.74, 6) is -0.358. The Kier molecular flexibility index (Phi) is 2.72. The molecular weight excluding hydrogens is 204 g/mol. The number of aryl methyl sites for hydroxylation is 1. The maximum atomic E-state index is 11.6. The van der Waals surface area contributed by atoms with E-state index in [2.05, 4.69) is 5.10 Å². The zero-order chi connectivity index (χ0) is 11.5. The van der Waals surface area contributed by atoms with Crippen LogP contribution in [-0.2, 0) is 4.74 Å². The normalized spacial score (nSPS) is 10.1. The molecule has 0 radical (unpaired) electrons. The first-order valence-electron chi connectivity index (χ1n) is 4.92. The quantitative estimate of drug-likeness (QED) is 0.721. The zero-order valence-electron chi connectivity index (χ0n) is 9.18. The average molecular weight is 216 g/mol. The van der Waals surface area contributed by atoms with Crippen LogP contribution in [0.2, 0.25) is 0 Å². The molecule has 0 amide bonds. The van der Waals surface area contributed by atoms with Crippen LogP contribution in [0.5, 0.6) is 0 Å². The van der Waals surface area contributed by atoms with E-state index in [0.717, 1.165) is 11.4 Å². The lowest BCUT2D eigenvalue weighted by atomic mass is 10.2. The number of benzene rings is 1. The van der Waals surface area contributed by atoms with Gasteiger partial charge in [0.25, 0.3) is 0 Å². The highest BCUT2D eigenvalue weighted by Gasteiger charge is 2.12. The van der Waals surface area contributed by atoms with Gasteiger partial charge in [-0.15, -0.1) is 0 Å². The summed E-state index contributed by atoms with van der Waals surface area (Å²) in [6.07, 6.45) is 1.82. The van der Waals surface area contributed by atoms with Gasteiger partial charge in [0.1, 0.15) is 0 Å². The molecular formula is C12H12N2O2. The van der Waals surface area contributed by atoms with Gasteiger partial charge in [0.2, 0.25) is 0 Å². The molecule has 2 rings (SSSR count). The second-order valence-corrected chi connectivity index (χ2v) is 3.41. The van der Waals surface area contributed by atoms with Crippen LogP contribution in [-0.4, -0.2) is 22.9 Å². The van der Waals surface area contributed by atoms with Crippen molar-refractivity contribution in [1.82, 2.24) is 9.78 Å². The summed E-state index contributed by atoms with van der Waals surface area (Å²) >= 11 is 0. The second kappa shape index (κ2) is 4.18. The summed E-state index contributed by atoms with van der Waals surface area (Å²) in [7, 11) is 1.37. The van der Waals surface area contributed by atoms with E-state index < -0.39 is 0 Å². The minimum atomic E-state index is -0.358. The van der Waals surface area contributed by atoms with E-state index >= 15 is 0 Å². The Labute approximate surface area is 93.5 Å². The Morgan fingerprint density at radius 3 is 2.69 bits per heavy atom. The van der Waals surface area contributed by atoms with Crippen LogP contribution in [0, 0.1) is 6.92 Å². The third kappa shape index (κ3) is 1.82. The fourth-order valence-corrected chi connectivity index (χ4v) is 1.51. The zero-order valence-corrected chi connectivity index (χ0v) is 9.18. The maximum Gasteiger partial charge on any atom is 0.340 e. The number of carbonyl (C=O) groups excluding carboxylic acids is 1. The molecule has 0 aliphatic heterocycles. The Bertz CT molecular complexity index is 517. The first kappa shape index (κ1) is 10.4. The summed E-state index contributed by atoms with van der Waals surface area (Å²) in [5.41, 5.74) is 2.13. The number of rotatable bonds is 2. The molecule has 1 aromatic heterocycles. The highest BCUT2D eigenvalue weighted by Crippen LogP contribution is 2.14. The molecule has 0 spiro atoms. The van der Waals surface area contributed by atoms with Gasteiger partial charge >= 0.3 is 5.97 Å². The molecule has 0 aliphatic rings. The van der Waals surface area contributed by atoms with E-state index in [1.165, 1.54) is 7.11 Å². The summed E-state index contributed by atoms with van der Waals surface area (Å²) < 4.78 is 6.39. The van der Waals surface area contributed by atoms with Crippen LogP contribution < -0.4 is 0 Å². The van der Waals surface area contributed by atoms with Gasteiger partial charge in [-0.2, -0.15) is 5.10 Å². The van der Waals surface area contributed by atoms with Crippen molar-refractivity contribution < 1.29 is 9.53 Å². The molecule has 1 aromatic carbocycles. The summed E-state index contributed by atoms with van der Waals surface area (Å²) in [5, 5.41) is 4.27. The van der Waals surface area contributed by atoms with Crippen molar-refractivity contribution in [2.24, 2.45) is 0 Å². The number of hydrogen-bond acceptors (Lipinski definition) is 3. The smallest absolute Gasteiger partial charge is 0.340 e. The molecule has 2 aromatic rings. The largest absolute Gasteiger partial charge is 0.465 e. The molecule has 0 N–H and O–H groups in total. The van der Waals surface area contributed by atoms with E-state index in [4.69, 9.17) is 4.74 Å². The van der Waals surface area contributed by atoms with Crippen LogP contribution in [0.15, 0.2) is 36.5 Å². The van der Waals surface area contributed by atoms with Crippen LogP contribution in [0.1, 0.15) is 16.1 Å². The van der Waals surface area contributed by atoms with Gasteiger partial charge in [0.05, 0.1) is 24.1 Å². The highest BCUT2D eigenvalue weighted by atomic mass is 16.5. The standard InChI is InChI=1S/C12H12N2O2/c1-9-7-8-14(13-9)11-6-4-3-5-10(11)12(15)16-2/h3-8H,1-2H3. The van der Waals surface area contributed by atoms with Crippen molar-refractivity contribution in [2.45, 2.75) is 6.92 Å². The van der Waals surface area contributed by atoms with Gasteiger partial charge in [0.15, 0.2) is 0 Å². The monoisotopic (exact) mass is 216 g/mol. The SMILES string of the molecule is COC(=O)c1ccccc1-n1ccc(C)n1. The van der Waals surface area contributed by atoms with Crippen LogP contribution in [0.25, 0.3) is 5.69 Å². The lowest BCUT2D eigenvalue weighted by molar-refractivity contribution is 0.0600. The fraction of sp³-hybridized carbons (Fsp3) is 0.167. The number of aromatic nitrogens is 2. The molecule has 4 nitrogen and oxygen atoms in total. The first-order chi connectivity index (χ1) is 7.72. The molecule has 16 heavy (non-hydrogen) atoms. The van der Waals surface area contributed by atoms with E-state index in [9.17, 15) is 4.79 Å². The number of carbonyl (C=O) groups is 1. The van der Waals surface area contributed by atoms with Crippen molar-refractivity contribution >= 4 is 5.97 Å². The average Bonchev–Trinajstić information content (AvgIpc) is 2.75. The third-order valence-corrected chi connectivity index (χ3v) is 2.28. The molecule has 0 saturated heterocycles. The highest BCUT2D eigenvalue weighted by molar-refractivity contribution is 5.93. The van der Waals surface area contributed by atoms with Crippen molar-refractivity contribution in [3.63, 3.8) is 0 Å². The molecule has 0 saturated carbocycles. The number of hydrogen-bond donors (Lipinski definition) is 0. The maximum absolute atomic E-state index is 11.6. The van der Waals surface area contributed by atoms with E-state index in [1.54, 1.807) is 16.8 Å². The van der Waals surface area contributed by atoms with E-state index in [0.29, 0.717) is 5.56 Å². The molecule has 1 heterocycles. The number of ether oxygens (including phenoxy) is 1. The van der Waals surface area contributed by atoms with Crippen molar-refractivity contribution in [2.75, 3.05) is 7.11 Å². The predicted molar refractivity (Wildman–Crippen MR) is 59.6 cm³/mol. The second-order valence-electron chi connectivity index (χ2n) is 3.41. The first-order valence-corrected chi connectivity index (χ1v) is 4.92. The van der Waals surface area contributed by atoms with Crippen LogP contribution >= 0.6 is 0 Å². The van der Waals surface area contributed by atoms with E-state index in [-0.39, 0.29) is 5.97 Å². The lowest BCUT2D eigenvalue weighted by Crippen LogP contribution is -2.08. The third-order valence-electron chi connectivity index (χ3n) is 2.28. The molecule has 4 heteroatoms. The van der Waals surface area contributed by atoms with Crippen molar-refractivity contribution in [3.8, 4) is 5.69 Å². The number of esters is 1. The minimum Gasteiger partial charge on any atom is -0.465 e. The Hall–Kier alpha value is -2.10. The molecule has 0 aliphatic carbocycles. The van der Waals surface area contributed by atoms with Gasteiger partial charge in [-0.05, 0) is 25.1 Å². The molecule has 82 valence electrons. The molecule has 0 bridgehead atoms. The van der Waals surface area contributed by atoms with Gasteiger partial charge < -0.3 is 4.74 Å². The molecule has 0 unspecified atom stereocenters. The predicted octanol–water partition coefficient (Wildman–Crippen LogP) is 1.97. The topological polar surface area (TPSA) is 44.1 Å². The Morgan fingerprint density at radius 1 is 1.31 bits per heavy atom. The van der Waals surface area contributed by atoms with Crippen LogP contribution in [0.4, 0.5) is 0 Å². The van der Waals surface area contributed by atoms with Gasteiger partial charge in [0, 0.05) is 6.20 Å². The fourth-order valence-electron chi connectivity index (χ4n) is 1.51. The van der Waals surface area contributed by atoms with Crippen molar-refractivity contribution in [1.29, 1.82) is 0 Å². The number of nitrogens with zero attached hydrogens (tertiary/aromatic N) is 2. The Morgan fingerprint density at radius 2 is 2.06 bits per heavy atom. The van der Waals surface area contributed by atoms with Gasteiger partial charge in [-0.3, -0.25) is 0 Å². The minimum absolute atomic E-state index is 0.358. The van der Waals surface area contributed by atoms with Crippen LogP contribution in [0.3, 0.4) is 0 Å². The summed E-state index contributed by atoms with van der Waals surface area (Å²) in [4.78, 5) is 11.6. The molecule has 0 fully saturated rings. The summed E-state index contributed by atoms with van der Waals surface area (Å²) in [6.45, 7) is 1.90. The van der Waals surface area contributed by atoms with Gasteiger partial charge in [-0.1, -0.05) is 12.1 Å². The van der Waals surface area contributed by atoms with Crippen molar-refractivity contribution in [3.05, 3.63) is 47.8 Å². The number of methoxy groups -OCH3 is 1. The number of para-hydroxylation sites is 1. The Balaban J connectivity index is 2.52. The summed E-state index contributed by atoms with van der Waals surface area (Å²) in [6, 6.07) is 9.09. The van der Waals surface area contributed by atoms with E-state index in [1.807, 2.05) is 31.3 Å². The van der Waals surface area contributed by atoms with Gasteiger partial charge in [-0.25, -0.2) is 9.48 Å². The lowest BCUT2D eigenvalue weighted by Gasteiger charge is -2.07.